The topological polar surface area (TPSA) is 4.93 Å². The van der Waals surface area contributed by atoms with Crippen molar-refractivity contribution in [2.24, 2.45) is 0 Å². The quantitative estimate of drug-likeness (QED) is 0.173. The molecule has 0 saturated heterocycles. The predicted octanol–water partition coefficient (Wildman–Crippen LogP) is 12.8. The maximum Gasteiger partial charge on any atom is 0.0713 e. The number of hydrogen-bond acceptors (Lipinski definition) is 0. The van der Waals surface area contributed by atoms with Gasteiger partial charge in [0.2, 0.25) is 0 Å². The SMILES string of the molecule is Cc1ccc2c(c1)C(c1ccc3c(c1)CC3)(c1ccc3c(c1)CC3)c1cc(C)c(-c3ccc4c(c3)c3ccc5ccccc5c3n4-c3ccccc3)cc1-2. The second-order valence-corrected chi connectivity index (χ2v) is 16.1. The van der Waals surface area contributed by atoms with E-state index in [9.17, 15) is 0 Å². The van der Waals surface area contributed by atoms with Crippen LogP contribution in [0, 0.1) is 13.8 Å². The molecule has 1 nitrogen and oxygen atoms in total. The number of para-hydroxylation sites is 1. The van der Waals surface area contributed by atoms with Crippen LogP contribution in [0.5, 0.6) is 0 Å². The highest BCUT2D eigenvalue weighted by Gasteiger charge is 2.47. The summed E-state index contributed by atoms with van der Waals surface area (Å²) in [6, 6.07) is 58.5. The van der Waals surface area contributed by atoms with E-state index in [0.29, 0.717) is 0 Å². The highest BCUT2D eigenvalue weighted by Crippen LogP contribution is 2.58. The van der Waals surface area contributed by atoms with Gasteiger partial charge in [0.05, 0.1) is 16.4 Å². The van der Waals surface area contributed by atoms with Crippen LogP contribution in [0.1, 0.15) is 55.6 Å². The zero-order valence-electron chi connectivity index (χ0n) is 30.7. The second-order valence-electron chi connectivity index (χ2n) is 16.1. The third-order valence-electron chi connectivity index (χ3n) is 13.2. The van der Waals surface area contributed by atoms with Crippen molar-refractivity contribution in [3.05, 3.63) is 207 Å². The molecule has 0 N–H and O–H groups in total. The van der Waals surface area contributed by atoms with Crippen LogP contribution >= 0.6 is 0 Å². The van der Waals surface area contributed by atoms with Gasteiger partial charge in [-0.2, -0.15) is 0 Å². The minimum atomic E-state index is -0.372. The fraction of sp³-hybridized carbons (Fsp3) is 0.132. The standard InChI is InChI=1S/C53H39N/c1-32-12-23-44-47-31-46(39-20-25-51-48(30-39)45-24-19-36-8-6-7-11-43(36)52(45)54(51)42-9-4-3-5-10-42)33(2)27-50(47)53(49(44)26-32,40-21-17-34-13-15-37(34)28-40)41-22-18-35-14-16-38(35)29-41/h3-12,17-31H,13-16H2,1-2H3. The van der Waals surface area contributed by atoms with E-state index in [-0.39, 0.29) is 5.41 Å². The van der Waals surface area contributed by atoms with Gasteiger partial charge < -0.3 is 4.57 Å². The highest BCUT2D eigenvalue weighted by atomic mass is 15.0. The first kappa shape index (κ1) is 30.3. The summed E-state index contributed by atoms with van der Waals surface area (Å²) in [5.41, 5.74) is 22.9. The molecule has 0 spiro atoms. The number of benzene rings is 8. The minimum absolute atomic E-state index is 0.372. The van der Waals surface area contributed by atoms with E-state index in [4.69, 9.17) is 0 Å². The van der Waals surface area contributed by atoms with E-state index in [0.717, 1.165) is 0 Å². The monoisotopic (exact) mass is 689 g/mol. The Kier molecular flexibility index (Phi) is 6.13. The van der Waals surface area contributed by atoms with Crippen molar-refractivity contribution in [2.75, 3.05) is 0 Å². The fourth-order valence-electron chi connectivity index (χ4n) is 10.3. The Balaban J connectivity index is 1.12. The lowest BCUT2D eigenvalue weighted by Crippen LogP contribution is -2.30. The zero-order chi connectivity index (χ0) is 35.7. The van der Waals surface area contributed by atoms with Gasteiger partial charge in [-0.3, -0.25) is 0 Å². The first-order chi connectivity index (χ1) is 26.6. The molecule has 3 aliphatic carbocycles. The maximum absolute atomic E-state index is 2.55. The van der Waals surface area contributed by atoms with Crippen LogP contribution in [0.25, 0.3) is 60.5 Å². The third kappa shape index (κ3) is 3.99. The van der Waals surface area contributed by atoms with Gasteiger partial charge in [-0.15, -0.1) is 0 Å². The molecule has 0 aliphatic heterocycles. The Morgan fingerprint density at radius 3 is 1.89 bits per heavy atom. The summed E-state index contributed by atoms with van der Waals surface area (Å²) in [5, 5.41) is 5.11. The molecule has 9 aromatic rings. The summed E-state index contributed by atoms with van der Waals surface area (Å²) in [7, 11) is 0. The Morgan fingerprint density at radius 2 is 1.17 bits per heavy atom. The maximum atomic E-state index is 2.55. The van der Waals surface area contributed by atoms with Crippen LogP contribution in [-0.2, 0) is 31.1 Å². The first-order valence-electron chi connectivity index (χ1n) is 19.6. The lowest BCUT2D eigenvalue weighted by Gasteiger charge is -2.37. The predicted molar refractivity (Wildman–Crippen MR) is 225 cm³/mol. The van der Waals surface area contributed by atoms with Crippen molar-refractivity contribution < 1.29 is 0 Å². The van der Waals surface area contributed by atoms with Crippen molar-refractivity contribution in [1.29, 1.82) is 0 Å². The molecule has 54 heavy (non-hydrogen) atoms. The van der Waals surface area contributed by atoms with E-state index < -0.39 is 0 Å². The van der Waals surface area contributed by atoms with Crippen molar-refractivity contribution >= 4 is 32.6 Å². The van der Waals surface area contributed by atoms with Crippen LogP contribution in [0.15, 0.2) is 152 Å². The molecule has 0 atom stereocenters. The molecular formula is C53H39N. The summed E-state index contributed by atoms with van der Waals surface area (Å²) < 4.78 is 2.46. The molecule has 1 aromatic heterocycles. The van der Waals surface area contributed by atoms with Crippen LogP contribution < -0.4 is 0 Å². The van der Waals surface area contributed by atoms with E-state index in [1.54, 1.807) is 0 Å². The minimum Gasteiger partial charge on any atom is -0.309 e. The van der Waals surface area contributed by atoms with Gasteiger partial charge in [-0.1, -0.05) is 127 Å². The third-order valence-corrected chi connectivity index (χ3v) is 13.2. The number of rotatable bonds is 4. The largest absolute Gasteiger partial charge is 0.309 e. The Hall–Kier alpha value is -6.18. The highest BCUT2D eigenvalue weighted by molar-refractivity contribution is 6.19. The molecule has 1 heterocycles. The molecule has 12 rings (SSSR count). The normalized spacial score (nSPS) is 14.7. The summed E-state index contributed by atoms with van der Waals surface area (Å²) in [4.78, 5) is 0. The molecule has 1 heteroatoms. The lowest BCUT2D eigenvalue weighted by atomic mass is 9.65. The van der Waals surface area contributed by atoms with Gasteiger partial charge in [-0.05, 0) is 148 Å². The van der Waals surface area contributed by atoms with Gasteiger partial charge >= 0.3 is 0 Å². The molecule has 0 radical (unpaired) electrons. The number of aryl methyl sites for hydroxylation is 6. The second kappa shape index (κ2) is 10.9. The number of hydrogen-bond donors (Lipinski definition) is 0. The summed E-state index contributed by atoms with van der Waals surface area (Å²) in [6.07, 6.45) is 4.74. The summed E-state index contributed by atoms with van der Waals surface area (Å²) >= 11 is 0. The average Bonchev–Trinajstić information content (AvgIpc) is 3.65. The average molecular weight is 690 g/mol. The van der Waals surface area contributed by atoms with Crippen LogP contribution in [-0.4, -0.2) is 4.57 Å². The molecule has 0 bridgehead atoms. The van der Waals surface area contributed by atoms with Gasteiger partial charge in [-0.25, -0.2) is 0 Å². The van der Waals surface area contributed by atoms with Crippen LogP contribution in [0.4, 0.5) is 0 Å². The Bertz CT molecular complexity index is 3010. The van der Waals surface area contributed by atoms with Crippen LogP contribution in [0.3, 0.4) is 0 Å². The fourth-order valence-corrected chi connectivity index (χ4v) is 10.3. The molecule has 3 aliphatic rings. The molecule has 0 saturated carbocycles. The van der Waals surface area contributed by atoms with E-state index in [2.05, 4.69) is 170 Å². The molecule has 0 unspecified atom stereocenters. The molecule has 256 valence electrons. The first-order valence-corrected chi connectivity index (χ1v) is 19.6. The van der Waals surface area contributed by atoms with E-state index in [1.165, 1.54) is 142 Å². The van der Waals surface area contributed by atoms with Gasteiger partial charge in [0.1, 0.15) is 0 Å². The Labute approximate surface area is 316 Å². The van der Waals surface area contributed by atoms with Gasteiger partial charge in [0.25, 0.3) is 0 Å². The van der Waals surface area contributed by atoms with Crippen molar-refractivity contribution in [1.82, 2.24) is 4.57 Å². The van der Waals surface area contributed by atoms with Crippen molar-refractivity contribution in [2.45, 2.75) is 44.9 Å². The van der Waals surface area contributed by atoms with Gasteiger partial charge in [0, 0.05) is 21.8 Å². The number of aromatic nitrogens is 1. The molecule has 0 fully saturated rings. The summed E-state index contributed by atoms with van der Waals surface area (Å²) in [6.45, 7) is 4.58. The smallest absolute Gasteiger partial charge is 0.0713 e. The van der Waals surface area contributed by atoms with Crippen molar-refractivity contribution in [3.8, 4) is 27.9 Å². The van der Waals surface area contributed by atoms with Crippen molar-refractivity contribution in [3.63, 3.8) is 0 Å². The Morgan fingerprint density at radius 1 is 0.463 bits per heavy atom. The lowest BCUT2D eigenvalue weighted by molar-refractivity contribution is 0.739. The molecule has 8 aromatic carbocycles. The van der Waals surface area contributed by atoms with E-state index >= 15 is 0 Å². The van der Waals surface area contributed by atoms with Gasteiger partial charge in [0.15, 0.2) is 0 Å². The zero-order valence-corrected chi connectivity index (χ0v) is 30.7. The van der Waals surface area contributed by atoms with Crippen LogP contribution in [0.2, 0.25) is 0 Å². The van der Waals surface area contributed by atoms with E-state index in [1.807, 2.05) is 0 Å². The molecular weight excluding hydrogens is 651 g/mol. The number of nitrogens with zero attached hydrogens (tertiary/aromatic N) is 1. The number of fused-ring (bicyclic) bond motifs is 10. The summed E-state index contributed by atoms with van der Waals surface area (Å²) in [5.74, 6) is 0. The molecule has 0 amide bonds.